The summed E-state index contributed by atoms with van der Waals surface area (Å²) in [5.41, 5.74) is -2.20. The average molecular weight is 702 g/mol. The molecular formula is C23H27F3N4O12P2S. The van der Waals surface area contributed by atoms with Gasteiger partial charge in [0.25, 0.3) is 5.56 Å². The minimum Gasteiger partial charge on any atom is -0.358 e. The molecule has 2 aromatic heterocycles. The summed E-state index contributed by atoms with van der Waals surface area (Å²) in [6.07, 6.45) is -9.22. The highest BCUT2D eigenvalue weighted by molar-refractivity contribution is 8.54. The molecule has 0 radical (unpaired) electrons. The number of ether oxygens (including phenoxy) is 4. The van der Waals surface area contributed by atoms with Crippen LogP contribution in [-0.2, 0) is 50.0 Å². The third-order valence-corrected chi connectivity index (χ3v) is 9.73. The Labute approximate surface area is 255 Å². The zero-order valence-electron chi connectivity index (χ0n) is 23.3. The molecule has 2 aliphatic heterocycles. The van der Waals surface area contributed by atoms with Crippen molar-refractivity contribution in [2.24, 2.45) is 0 Å². The number of hydrogen-bond acceptors (Lipinski definition) is 12. The van der Waals surface area contributed by atoms with E-state index >= 15 is 0 Å². The third-order valence-electron chi connectivity index (χ3n) is 6.39. The Hall–Kier alpha value is -2.19. The Kier molecular flexibility index (Phi) is 9.70. The van der Waals surface area contributed by atoms with Gasteiger partial charge in [0.2, 0.25) is 5.82 Å². The van der Waals surface area contributed by atoms with Crippen LogP contribution in [0.15, 0.2) is 46.3 Å². The van der Waals surface area contributed by atoms with E-state index in [2.05, 4.69) is 14.5 Å². The molecular weight excluding hydrogens is 675 g/mol. The summed E-state index contributed by atoms with van der Waals surface area (Å²) < 4.78 is 100. The smallest absolute Gasteiger partial charge is 0.358 e. The lowest BCUT2D eigenvalue weighted by Gasteiger charge is -2.26. The molecule has 0 amide bonds. The number of benzene rings is 1. The summed E-state index contributed by atoms with van der Waals surface area (Å²) in [5.74, 6) is -2.81. The highest BCUT2D eigenvalue weighted by atomic mass is 32.7. The van der Waals surface area contributed by atoms with Gasteiger partial charge >= 0.3 is 20.8 Å². The minimum absolute atomic E-state index is 0.363. The maximum absolute atomic E-state index is 14.3. The first-order chi connectivity index (χ1) is 20.9. The van der Waals surface area contributed by atoms with Crippen molar-refractivity contribution >= 4 is 37.2 Å². The summed E-state index contributed by atoms with van der Waals surface area (Å²) >= 11 is 0.571. The van der Waals surface area contributed by atoms with E-state index in [4.69, 9.17) is 33.3 Å². The average Bonchev–Trinajstić information content (AvgIpc) is 3.57. The van der Waals surface area contributed by atoms with Crippen molar-refractivity contribution in [2.45, 2.75) is 62.0 Å². The number of phosphoric ester groups is 1. The predicted octanol–water partition coefficient (Wildman–Crippen LogP) is 3.02. The van der Waals surface area contributed by atoms with Gasteiger partial charge < -0.3 is 33.6 Å². The van der Waals surface area contributed by atoms with Gasteiger partial charge in [-0.1, -0.05) is 18.2 Å². The van der Waals surface area contributed by atoms with Gasteiger partial charge in [-0.05, 0) is 37.4 Å². The first kappa shape index (κ1) is 34.2. The molecule has 3 N–H and O–H groups in total. The highest BCUT2D eigenvalue weighted by Gasteiger charge is 2.58. The number of nitrogens with zero attached hydrogens (tertiary/aromatic N) is 4. The Morgan fingerprint density at radius 2 is 1.76 bits per heavy atom. The third kappa shape index (κ3) is 8.04. The van der Waals surface area contributed by atoms with Crippen molar-refractivity contribution in [3.05, 3.63) is 52.8 Å². The lowest BCUT2D eigenvalue weighted by Crippen LogP contribution is -2.32. The molecule has 0 spiro atoms. The standard InChI is InChI=1S/C23H27F3N4O12P2S/c1-22(2)41-16-14(10-39-44(35,36)45-13-6-4-3-5-7-13)40-20(17(16)42-22)30-18-15(28-21(30)23(24,25)26)19(31)29(11-27-18)12-37-8-9-38-43(32,33)34/h3-7,11,14,16-17,20H,8-10,12H2,1-2H3,(H,35,36)(H2,32,33,34)/t14-,16-,17-,20-/m1/s1. The van der Waals surface area contributed by atoms with Crippen LogP contribution in [0.4, 0.5) is 13.2 Å². The second-order valence-corrected chi connectivity index (χ2v) is 15.2. The van der Waals surface area contributed by atoms with Gasteiger partial charge in [0.1, 0.15) is 31.4 Å². The zero-order valence-corrected chi connectivity index (χ0v) is 25.9. The van der Waals surface area contributed by atoms with Crippen molar-refractivity contribution in [2.75, 3.05) is 19.8 Å². The van der Waals surface area contributed by atoms with Crippen molar-refractivity contribution in [3.8, 4) is 0 Å². The molecule has 0 saturated carbocycles. The predicted molar refractivity (Wildman–Crippen MR) is 147 cm³/mol. The number of hydrogen-bond donors (Lipinski definition) is 3. The molecule has 5 rings (SSSR count). The van der Waals surface area contributed by atoms with Crippen LogP contribution in [0.25, 0.3) is 11.2 Å². The molecule has 1 aromatic carbocycles. The van der Waals surface area contributed by atoms with Crippen LogP contribution in [0, 0.1) is 0 Å². The zero-order chi connectivity index (χ0) is 32.8. The van der Waals surface area contributed by atoms with Crippen LogP contribution in [0.5, 0.6) is 0 Å². The molecule has 2 saturated heterocycles. The van der Waals surface area contributed by atoms with Crippen molar-refractivity contribution in [1.29, 1.82) is 0 Å². The molecule has 4 heterocycles. The van der Waals surface area contributed by atoms with Crippen molar-refractivity contribution < 1.29 is 65.0 Å². The number of phosphoric acid groups is 1. The summed E-state index contributed by atoms with van der Waals surface area (Å²) in [6, 6.07) is 8.25. The Bertz CT molecular complexity index is 1690. The van der Waals surface area contributed by atoms with Gasteiger partial charge in [-0.25, -0.2) is 19.1 Å². The van der Waals surface area contributed by atoms with Gasteiger partial charge in [-0.2, -0.15) is 13.2 Å². The summed E-state index contributed by atoms with van der Waals surface area (Å²) in [7, 11) is -4.74. The lowest BCUT2D eigenvalue weighted by molar-refractivity contribution is -0.202. The van der Waals surface area contributed by atoms with E-state index in [0.717, 1.165) is 10.9 Å². The van der Waals surface area contributed by atoms with Crippen LogP contribution in [0.1, 0.15) is 25.9 Å². The molecule has 2 fully saturated rings. The van der Waals surface area contributed by atoms with E-state index < -0.39 is 93.6 Å². The Balaban J connectivity index is 1.41. The number of halogens is 3. The summed E-state index contributed by atoms with van der Waals surface area (Å²) in [6.45, 7) is -3.23. The van der Waals surface area contributed by atoms with Gasteiger partial charge in [0.05, 0.1) is 19.8 Å². The number of aromatic nitrogens is 4. The SMILES string of the molecule is CC1(C)O[C@@H]2[C@H](O1)[C@@H](COP(=O)(O)Sc1ccccc1)O[C@H]2n1c(C(F)(F)F)nc2c(=O)n(COCCOP(=O)(O)O)cnc21. The summed E-state index contributed by atoms with van der Waals surface area (Å²) in [4.78, 5) is 48.9. The Morgan fingerprint density at radius 1 is 1.07 bits per heavy atom. The van der Waals surface area contributed by atoms with E-state index in [1.807, 2.05) is 0 Å². The fraction of sp³-hybridized carbons (Fsp3) is 0.522. The molecule has 2 aliphatic rings. The maximum Gasteiger partial charge on any atom is 0.469 e. The van der Waals surface area contributed by atoms with Gasteiger partial charge in [-0.15, -0.1) is 0 Å². The highest BCUT2D eigenvalue weighted by Crippen LogP contribution is 2.59. The van der Waals surface area contributed by atoms with Gasteiger partial charge in [0, 0.05) is 4.90 Å². The molecule has 3 aromatic rings. The van der Waals surface area contributed by atoms with Crippen molar-refractivity contribution in [3.63, 3.8) is 0 Å². The van der Waals surface area contributed by atoms with Crippen molar-refractivity contribution in [1.82, 2.24) is 19.1 Å². The molecule has 0 aliphatic carbocycles. The number of imidazole rings is 1. The minimum atomic E-state index is -5.09. The molecule has 0 bridgehead atoms. The van der Waals surface area contributed by atoms with Crippen LogP contribution >= 0.6 is 26.0 Å². The van der Waals surface area contributed by atoms with Gasteiger partial charge in [0.15, 0.2) is 23.2 Å². The largest absolute Gasteiger partial charge is 0.469 e. The second-order valence-electron chi connectivity index (χ2n) is 10.2. The fourth-order valence-electron chi connectivity index (χ4n) is 4.72. The first-order valence-corrected chi connectivity index (χ1v) is 17.5. The molecule has 22 heteroatoms. The molecule has 16 nitrogen and oxygen atoms in total. The topological polar surface area (TPSA) is 203 Å². The van der Waals surface area contributed by atoms with E-state index in [-0.39, 0.29) is 6.61 Å². The first-order valence-electron chi connectivity index (χ1n) is 13.0. The van der Waals surface area contributed by atoms with Crippen LogP contribution in [0.3, 0.4) is 0 Å². The summed E-state index contributed by atoms with van der Waals surface area (Å²) in [5, 5.41) is 0. The fourth-order valence-corrected chi connectivity index (χ4v) is 7.48. The molecule has 248 valence electrons. The van der Waals surface area contributed by atoms with E-state index in [9.17, 15) is 32.0 Å². The monoisotopic (exact) mass is 702 g/mol. The van der Waals surface area contributed by atoms with Crippen LogP contribution in [0.2, 0.25) is 0 Å². The second kappa shape index (κ2) is 12.8. The number of alkyl halides is 3. The molecule has 45 heavy (non-hydrogen) atoms. The normalized spacial score (nSPS) is 24.6. The van der Waals surface area contributed by atoms with E-state index in [0.29, 0.717) is 20.8 Å². The van der Waals surface area contributed by atoms with E-state index in [1.165, 1.54) is 13.8 Å². The van der Waals surface area contributed by atoms with Crippen LogP contribution < -0.4 is 5.56 Å². The molecule has 1 unspecified atom stereocenters. The van der Waals surface area contributed by atoms with Gasteiger partial charge in [-0.3, -0.25) is 23.0 Å². The number of fused-ring (bicyclic) bond motifs is 2. The van der Waals surface area contributed by atoms with E-state index in [1.54, 1.807) is 30.3 Å². The maximum atomic E-state index is 14.3. The Morgan fingerprint density at radius 3 is 2.42 bits per heavy atom. The quantitative estimate of drug-likeness (QED) is 0.183. The molecule has 5 atom stereocenters. The van der Waals surface area contributed by atoms with Crippen LogP contribution in [-0.4, -0.2) is 77.7 Å². The number of rotatable bonds is 12. The lowest BCUT2D eigenvalue weighted by atomic mass is 10.1.